The van der Waals surface area contributed by atoms with Crippen LogP contribution in [0.1, 0.15) is 6.92 Å². The molecule has 1 saturated heterocycles. The molecule has 1 aliphatic rings. The van der Waals surface area contributed by atoms with Crippen LogP contribution in [0.15, 0.2) is 0 Å². The van der Waals surface area contributed by atoms with Crippen LogP contribution in [0, 0.1) is 0 Å². The molecule has 0 aromatic rings. The smallest absolute Gasteiger partial charge is 0.323 e. The minimum absolute atomic E-state index is 0.233. The Morgan fingerprint density at radius 3 is 2.30 bits per heavy atom. The lowest BCUT2D eigenvalue weighted by molar-refractivity contribution is -0.241. The summed E-state index contributed by atoms with van der Waals surface area (Å²) in [5, 5.41) is 46.6. The Balaban J connectivity index is 2.56. The zero-order valence-electron chi connectivity index (χ0n) is 11.0. The van der Waals surface area contributed by atoms with Crippen molar-refractivity contribution >= 4 is 5.97 Å². The largest absolute Gasteiger partial charge is 0.480 e. The first-order chi connectivity index (χ1) is 9.29. The van der Waals surface area contributed by atoms with Gasteiger partial charge in [0.1, 0.15) is 36.6 Å². The molecule has 0 aliphatic carbocycles. The number of hydrogen-bond acceptors (Lipinski definition) is 8. The fraction of sp³-hybridized carbons (Fsp3) is 0.909. The number of carboxylic acid groups (broad SMARTS) is 1. The third-order valence-corrected chi connectivity index (χ3v) is 3.31. The van der Waals surface area contributed by atoms with Crippen LogP contribution in [0.4, 0.5) is 0 Å². The highest BCUT2D eigenvalue weighted by atomic mass is 16.6. The summed E-state index contributed by atoms with van der Waals surface area (Å²) in [6.07, 6.45) is -7.21. The van der Waals surface area contributed by atoms with Crippen molar-refractivity contribution in [3.05, 3.63) is 0 Å². The van der Waals surface area contributed by atoms with E-state index < -0.39 is 55.2 Å². The SMILES string of the molecule is C[C@@H](OC[C@H]1O[C@H](CO)[C@H](O)[C@H](O)[C@H]1O)[C@H](N)C(=O)O. The van der Waals surface area contributed by atoms with Crippen LogP contribution in [0.3, 0.4) is 0 Å². The third kappa shape index (κ3) is 3.85. The van der Waals surface area contributed by atoms with Crippen molar-refractivity contribution in [2.24, 2.45) is 5.73 Å². The van der Waals surface area contributed by atoms with Gasteiger partial charge in [-0.05, 0) is 6.92 Å². The molecule has 1 aliphatic heterocycles. The van der Waals surface area contributed by atoms with Crippen LogP contribution in [-0.2, 0) is 14.3 Å². The highest BCUT2D eigenvalue weighted by Gasteiger charge is 2.43. The molecule has 9 nitrogen and oxygen atoms in total. The number of carboxylic acids is 1. The van der Waals surface area contributed by atoms with Gasteiger partial charge in [-0.2, -0.15) is 0 Å². The lowest BCUT2D eigenvalue weighted by Gasteiger charge is -2.40. The van der Waals surface area contributed by atoms with E-state index in [1.807, 2.05) is 0 Å². The van der Waals surface area contributed by atoms with E-state index in [1.54, 1.807) is 0 Å². The molecule has 0 saturated carbocycles. The Morgan fingerprint density at radius 1 is 1.25 bits per heavy atom. The quantitative estimate of drug-likeness (QED) is 0.294. The number of aliphatic hydroxyl groups is 4. The van der Waals surface area contributed by atoms with Crippen LogP contribution in [-0.4, -0.2) is 87.4 Å². The first-order valence-corrected chi connectivity index (χ1v) is 6.20. The third-order valence-electron chi connectivity index (χ3n) is 3.31. The summed E-state index contributed by atoms with van der Waals surface area (Å²) in [5.74, 6) is -1.23. The van der Waals surface area contributed by atoms with E-state index in [2.05, 4.69) is 0 Å². The topological polar surface area (TPSA) is 163 Å². The van der Waals surface area contributed by atoms with Gasteiger partial charge in [0.15, 0.2) is 0 Å². The first-order valence-electron chi connectivity index (χ1n) is 6.20. The molecular weight excluding hydrogens is 274 g/mol. The molecule has 118 valence electrons. The number of aliphatic carboxylic acids is 1. The molecule has 0 radical (unpaired) electrons. The van der Waals surface area contributed by atoms with Gasteiger partial charge in [-0.25, -0.2) is 0 Å². The zero-order chi connectivity index (χ0) is 15.4. The fourth-order valence-electron chi connectivity index (χ4n) is 1.87. The van der Waals surface area contributed by atoms with Gasteiger partial charge in [-0.3, -0.25) is 4.79 Å². The summed E-state index contributed by atoms with van der Waals surface area (Å²) >= 11 is 0. The van der Waals surface area contributed by atoms with Crippen molar-refractivity contribution in [1.29, 1.82) is 0 Å². The van der Waals surface area contributed by atoms with E-state index in [1.165, 1.54) is 6.92 Å². The van der Waals surface area contributed by atoms with E-state index >= 15 is 0 Å². The normalized spacial score (nSPS) is 37.4. The highest BCUT2D eigenvalue weighted by Crippen LogP contribution is 2.21. The zero-order valence-corrected chi connectivity index (χ0v) is 11.0. The first kappa shape index (κ1) is 17.2. The minimum atomic E-state index is -1.49. The van der Waals surface area contributed by atoms with Gasteiger partial charge < -0.3 is 40.7 Å². The molecule has 1 heterocycles. The molecule has 20 heavy (non-hydrogen) atoms. The second-order valence-electron chi connectivity index (χ2n) is 4.77. The van der Waals surface area contributed by atoms with Gasteiger partial charge in [0.05, 0.1) is 19.3 Å². The van der Waals surface area contributed by atoms with Crippen LogP contribution in [0.2, 0.25) is 0 Å². The Morgan fingerprint density at radius 2 is 1.80 bits per heavy atom. The Kier molecular flexibility index (Phi) is 6.27. The summed E-state index contributed by atoms with van der Waals surface area (Å²) in [5.41, 5.74) is 5.36. The van der Waals surface area contributed by atoms with Gasteiger partial charge in [-0.1, -0.05) is 0 Å². The van der Waals surface area contributed by atoms with E-state index in [0.717, 1.165) is 0 Å². The van der Waals surface area contributed by atoms with Gasteiger partial charge in [0.2, 0.25) is 0 Å². The molecule has 9 heteroatoms. The molecule has 0 aromatic carbocycles. The summed E-state index contributed by atoms with van der Waals surface area (Å²) in [6.45, 7) is 0.679. The minimum Gasteiger partial charge on any atom is -0.480 e. The van der Waals surface area contributed by atoms with Gasteiger partial charge in [0.25, 0.3) is 0 Å². The van der Waals surface area contributed by atoms with Crippen molar-refractivity contribution in [2.45, 2.75) is 49.6 Å². The molecule has 1 rings (SSSR count). The lowest BCUT2D eigenvalue weighted by atomic mass is 9.95. The van der Waals surface area contributed by atoms with E-state index in [4.69, 9.17) is 25.4 Å². The maximum atomic E-state index is 10.7. The summed E-state index contributed by atoms with van der Waals surface area (Å²) in [6, 6.07) is -1.24. The molecule has 7 N–H and O–H groups in total. The van der Waals surface area contributed by atoms with Crippen LogP contribution in [0.25, 0.3) is 0 Å². The van der Waals surface area contributed by atoms with Crippen molar-refractivity contribution in [3.8, 4) is 0 Å². The van der Waals surface area contributed by atoms with Crippen molar-refractivity contribution < 1.29 is 39.8 Å². The molecule has 0 spiro atoms. The van der Waals surface area contributed by atoms with Crippen molar-refractivity contribution in [3.63, 3.8) is 0 Å². The van der Waals surface area contributed by atoms with Gasteiger partial charge in [-0.15, -0.1) is 0 Å². The Labute approximate surface area is 115 Å². The monoisotopic (exact) mass is 295 g/mol. The predicted molar refractivity (Wildman–Crippen MR) is 64.8 cm³/mol. The predicted octanol–water partition coefficient (Wildman–Crippen LogP) is -3.35. The number of ether oxygens (including phenoxy) is 2. The second kappa shape index (κ2) is 7.27. The Hall–Kier alpha value is -0.810. The van der Waals surface area contributed by atoms with E-state index in [9.17, 15) is 20.1 Å². The molecule has 1 fully saturated rings. The molecule has 0 aromatic heterocycles. The molecule has 0 unspecified atom stereocenters. The maximum absolute atomic E-state index is 10.7. The van der Waals surface area contributed by atoms with E-state index in [-0.39, 0.29) is 6.61 Å². The average Bonchev–Trinajstić information content (AvgIpc) is 2.42. The average molecular weight is 295 g/mol. The number of nitrogens with two attached hydrogens (primary N) is 1. The highest BCUT2D eigenvalue weighted by molar-refractivity contribution is 5.73. The lowest BCUT2D eigenvalue weighted by Crippen LogP contribution is -2.60. The number of hydrogen-bond donors (Lipinski definition) is 6. The number of rotatable bonds is 6. The Bertz CT molecular complexity index is 326. The second-order valence-corrected chi connectivity index (χ2v) is 4.77. The summed E-state index contributed by atoms with van der Waals surface area (Å²) < 4.78 is 10.4. The van der Waals surface area contributed by atoms with Crippen molar-refractivity contribution in [1.82, 2.24) is 0 Å². The maximum Gasteiger partial charge on any atom is 0.323 e. The molecular formula is C11H21NO8. The van der Waals surface area contributed by atoms with Crippen LogP contribution in [0.5, 0.6) is 0 Å². The van der Waals surface area contributed by atoms with Gasteiger partial charge in [0, 0.05) is 0 Å². The molecule has 0 amide bonds. The van der Waals surface area contributed by atoms with Crippen LogP contribution >= 0.6 is 0 Å². The van der Waals surface area contributed by atoms with E-state index in [0.29, 0.717) is 0 Å². The fourth-order valence-corrected chi connectivity index (χ4v) is 1.87. The van der Waals surface area contributed by atoms with Crippen molar-refractivity contribution in [2.75, 3.05) is 13.2 Å². The standard InChI is InChI=1S/C11H21NO8/c1-4(7(12)11(17)18)19-3-6-9(15)10(16)8(14)5(2-13)20-6/h4-10,13-16H,2-3,12H2,1H3,(H,17,18)/t4-,5-,6-,7+,8+,9+,10+/m1/s1. The van der Waals surface area contributed by atoms with Gasteiger partial charge >= 0.3 is 5.97 Å². The molecule has 0 bridgehead atoms. The summed E-state index contributed by atoms with van der Waals surface area (Å²) in [4.78, 5) is 10.7. The number of aliphatic hydroxyl groups excluding tert-OH is 4. The molecule has 7 atom stereocenters. The number of carbonyl (C=O) groups is 1. The van der Waals surface area contributed by atoms with Crippen LogP contribution < -0.4 is 5.73 Å². The summed E-state index contributed by atoms with van der Waals surface area (Å²) in [7, 11) is 0.